The maximum atomic E-state index is 12.6. The molecule has 0 radical (unpaired) electrons. The summed E-state index contributed by atoms with van der Waals surface area (Å²) in [5.41, 5.74) is 9.29. The number of H-pyrrole nitrogens is 4. The first-order valence-corrected chi connectivity index (χ1v) is 5.93. The highest BCUT2D eigenvalue weighted by Gasteiger charge is 2.20. The lowest BCUT2D eigenvalue weighted by molar-refractivity contribution is 1.06. The van der Waals surface area contributed by atoms with Crippen molar-refractivity contribution in [3.05, 3.63) is 31.6 Å². The molecular weight excluding hydrogens is 288 g/mol. The van der Waals surface area contributed by atoms with Gasteiger partial charge in [0.15, 0.2) is 0 Å². The molecule has 10 nitrogen and oxygen atoms in total. The van der Waals surface area contributed by atoms with E-state index in [9.17, 15) is 9.59 Å². The number of aromatic amines is 4. The number of aromatic nitrogens is 4. The van der Waals surface area contributed by atoms with E-state index in [0.717, 1.165) is 0 Å². The van der Waals surface area contributed by atoms with Crippen LogP contribution in [0.2, 0.25) is 0 Å². The van der Waals surface area contributed by atoms with Crippen LogP contribution in [0, 0.1) is 22.7 Å². The Morgan fingerprint density at radius 1 is 0.727 bits per heavy atom. The Labute approximate surface area is 120 Å². The number of nitriles is 2. The minimum Gasteiger partial charge on any atom is -0.383 e. The smallest absolute Gasteiger partial charge is 0.215 e. The van der Waals surface area contributed by atoms with Crippen LogP contribution in [-0.2, 0) is 0 Å². The van der Waals surface area contributed by atoms with Gasteiger partial charge in [-0.2, -0.15) is 10.5 Å². The fourth-order valence-electron chi connectivity index (χ4n) is 2.31. The van der Waals surface area contributed by atoms with Gasteiger partial charge in [-0.15, -0.1) is 0 Å². The van der Waals surface area contributed by atoms with Crippen molar-refractivity contribution in [2.45, 2.75) is 0 Å². The molecule has 22 heavy (non-hydrogen) atoms. The summed E-state index contributed by atoms with van der Waals surface area (Å²) in [6.45, 7) is 0. The summed E-state index contributed by atoms with van der Waals surface area (Å²) in [4.78, 5) is 25.1. The fraction of sp³-hybridized carbons (Fsp3) is 0. The minimum atomic E-state index is -0.647. The highest BCUT2D eigenvalue weighted by molar-refractivity contribution is 6.00. The van der Waals surface area contributed by atoms with Gasteiger partial charge in [0, 0.05) is 0 Å². The number of anilines is 2. The Morgan fingerprint density at radius 3 is 1.41 bits per heavy atom. The first-order valence-electron chi connectivity index (χ1n) is 5.93. The molecule has 8 N–H and O–H groups in total. The van der Waals surface area contributed by atoms with Gasteiger partial charge in [-0.3, -0.25) is 30.0 Å². The standard InChI is InChI=1S/C12H8N8O2/c13-1-3-5-7(17-19-11(3)15)10(22)6-4(2-14)12(16)20-18-8(6)9(5)21/h17-20H,15-16H2. The summed E-state index contributed by atoms with van der Waals surface area (Å²) < 4.78 is 0. The molecule has 0 unspecified atom stereocenters. The van der Waals surface area contributed by atoms with E-state index in [-0.39, 0.29) is 44.6 Å². The van der Waals surface area contributed by atoms with Crippen molar-refractivity contribution in [2.24, 2.45) is 0 Å². The Balaban J connectivity index is 2.79. The molecule has 2 heterocycles. The lowest BCUT2D eigenvalue weighted by Crippen LogP contribution is -2.20. The molecule has 0 aliphatic heterocycles. The van der Waals surface area contributed by atoms with E-state index in [1.54, 1.807) is 12.1 Å². The van der Waals surface area contributed by atoms with Gasteiger partial charge in [-0.05, 0) is 0 Å². The molecule has 0 amide bonds. The van der Waals surface area contributed by atoms with Crippen LogP contribution in [-0.4, -0.2) is 20.4 Å². The molecule has 0 fully saturated rings. The lowest BCUT2D eigenvalue weighted by atomic mass is 10.0. The molecule has 0 atom stereocenters. The summed E-state index contributed by atoms with van der Waals surface area (Å²) in [5.74, 6) is -0.156. The second kappa shape index (κ2) is 4.29. The van der Waals surface area contributed by atoms with E-state index in [1.807, 2.05) is 0 Å². The molecule has 3 rings (SSSR count). The monoisotopic (exact) mass is 296 g/mol. The van der Waals surface area contributed by atoms with Gasteiger partial charge in [-0.25, -0.2) is 0 Å². The Hall–Kier alpha value is -3.92. The summed E-state index contributed by atoms with van der Waals surface area (Å²) in [6.07, 6.45) is 0. The van der Waals surface area contributed by atoms with Gasteiger partial charge in [0.25, 0.3) is 0 Å². The van der Waals surface area contributed by atoms with E-state index in [1.165, 1.54) is 0 Å². The number of nitrogens with two attached hydrogens (primary N) is 2. The number of nitrogens with zero attached hydrogens (tertiary/aromatic N) is 2. The topological polar surface area (TPSA) is 197 Å². The Kier molecular flexibility index (Phi) is 2.55. The lowest BCUT2D eigenvalue weighted by Gasteiger charge is -2.07. The molecule has 0 aliphatic carbocycles. The van der Waals surface area contributed by atoms with Crippen molar-refractivity contribution in [1.29, 1.82) is 10.5 Å². The van der Waals surface area contributed by atoms with Crippen LogP contribution in [0.25, 0.3) is 21.8 Å². The van der Waals surface area contributed by atoms with Crippen molar-refractivity contribution in [1.82, 2.24) is 20.4 Å². The van der Waals surface area contributed by atoms with Gasteiger partial charge in [0.05, 0.1) is 10.8 Å². The molecule has 0 saturated carbocycles. The number of hydrogen-bond acceptors (Lipinski definition) is 6. The number of nitrogens with one attached hydrogen (secondary N) is 4. The second-order valence-corrected chi connectivity index (χ2v) is 4.46. The Morgan fingerprint density at radius 2 is 1.09 bits per heavy atom. The van der Waals surface area contributed by atoms with Crippen molar-refractivity contribution in [3.8, 4) is 12.1 Å². The van der Waals surface area contributed by atoms with Gasteiger partial charge >= 0.3 is 0 Å². The van der Waals surface area contributed by atoms with E-state index in [2.05, 4.69) is 20.4 Å². The zero-order valence-electron chi connectivity index (χ0n) is 10.9. The van der Waals surface area contributed by atoms with Crippen LogP contribution in [0.1, 0.15) is 11.1 Å². The summed E-state index contributed by atoms with van der Waals surface area (Å²) in [6, 6.07) is 3.56. The van der Waals surface area contributed by atoms with E-state index in [0.29, 0.717) is 0 Å². The first kappa shape index (κ1) is 13.1. The van der Waals surface area contributed by atoms with E-state index >= 15 is 0 Å². The molecule has 0 bridgehead atoms. The summed E-state index contributed by atoms with van der Waals surface area (Å²) >= 11 is 0. The van der Waals surface area contributed by atoms with Crippen LogP contribution in [0.15, 0.2) is 9.59 Å². The molecule has 3 aromatic rings. The number of rotatable bonds is 0. The predicted octanol–water partition coefficient (Wildman–Crippen LogP) is -0.504. The van der Waals surface area contributed by atoms with Crippen LogP contribution >= 0.6 is 0 Å². The summed E-state index contributed by atoms with van der Waals surface area (Å²) in [5, 5.41) is 27.8. The highest BCUT2D eigenvalue weighted by atomic mass is 16.1. The SMILES string of the molecule is N#Cc1c(N)[nH][nH]c2c(=O)c3c(C#N)c(N)[nH][nH]c3c(=O)c12. The number of fused-ring (bicyclic) bond motifs is 2. The van der Waals surface area contributed by atoms with Crippen LogP contribution < -0.4 is 22.3 Å². The number of hydrogen-bond donors (Lipinski definition) is 6. The van der Waals surface area contributed by atoms with Crippen LogP contribution in [0.4, 0.5) is 11.6 Å². The molecule has 1 aromatic carbocycles. The van der Waals surface area contributed by atoms with Crippen molar-refractivity contribution >= 4 is 33.4 Å². The zero-order valence-corrected chi connectivity index (χ0v) is 10.9. The largest absolute Gasteiger partial charge is 0.383 e. The quantitative estimate of drug-likeness (QED) is 0.302. The zero-order chi connectivity index (χ0) is 16.0. The second-order valence-electron chi connectivity index (χ2n) is 4.46. The predicted molar refractivity (Wildman–Crippen MR) is 78.5 cm³/mol. The van der Waals surface area contributed by atoms with E-state index in [4.69, 9.17) is 22.0 Å². The fourth-order valence-corrected chi connectivity index (χ4v) is 2.31. The van der Waals surface area contributed by atoms with Gasteiger partial charge in [0.2, 0.25) is 10.9 Å². The molecule has 0 spiro atoms. The van der Waals surface area contributed by atoms with Crippen LogP contribution in [0.3, 0.4) is 0 Å². The maximum absolute atomic E-state index is 12.6. The molecule has 108 valence electrons. The average Bonchev–Trinajstić information content (AvgIpc) is 2.51. The highest BCUT2D eigenvalue weighted by Crippen LogP contribution is 2.19. The van der Waals surface area contributed by atoms with Crippen molar-refractivity contribution < 1.29 is 0 Å². The van der Waals surface area contributed by atoms with Gasteiger partial charge in [0.1, 0.15) is 45.9 Å². The van der Waals surface area contributed by atoms with Crippen molar-refractivity contribution in [2.75, 3.05) is 11.5 Å². The minimum absolute atomic E-state index is 0.0780. The molecule has 10 heteroatoms. The normalized spacial score (nSPS) is 10.5. The third-order valence-electron chi connectivity index (χ3n) is 3.31. The van der Waals surface area contributed by atoms with Crippen LogP contribution in [0.5, 0.6) is 0 Å². The Bertz CT molecular complexity index is 1070. The molecule has 0 aliphatic rings. The van der Waals surface area contributed by atoms with Gasteiger partial charge in [-0.1, -0.05) is 0 Å². The van der Waals surface area contributed by atoms with Crippen molar-refractivity contribution in [3.63, 3.8) is 0 Å². The molecule has 2 aromatic heterocycles. The average molecular weight is 296 g/mol. The third kappa shape index (κ3) is 1.46. The van der Waals surface area contributed by atoms with E-state index < -0.39 is 10.9 Å². The first-order chi connectivity index (χ1) is 10.5. The molecule has 0 saturated heterocycles. The number of benzene rings is 1. The summed E-state index contributed by atoms with van der Waals surface area (Å²) in [7, 11) is 0. The number of nitrogen functional groups attached to an aromatic ring is 2. The van der Waals surface area contributed by atoms with Gasteiger partial charge < -0.3 is 11.5 Å². The molecular formula is C12H8N8O2. The maximum Gasteiger partial charge on any atom is 0.215 e. The third-order valence-corrected chi connectivity index (χ3v) is 3.31.